The molecule has 3 nitrogen and oxygen atoms in total. The molecule has 0 aliphatic carbocycles. The zero-order valence-electron chi connectivity index (χ0n) is 10.8. The van der Waals surface area contributed by atoms with Crippen LogP contribution in [-0.4, -0.2) is 42.9 Å². The molecule has 0 radical (unpaired) electrons. The van der Waals surface area contributed by atoms with E-state index in [0.29, 0.717) is 18.7 Å². The summed E-state index contributed by atoms with van der Waals surface area (Å²) in [4.78, 5) is 2.23. The summed E-state index contributed by atoms with van der Waals surface area (Å²) in [5, 5.41) is 8.76. The van der Waals surface area contributed by atoms with Crippen LogP contribution in [0.4, 0.5) is 8.78 Å². The highest BCUT2D eigenvalue weighted by molar-refractivity contribution is 5.20. The van der Waals surface area contributed by atoms with Gasteiger partial charge in [0, 0.05) is 19.7 Å². The Balaban J connectivity index is 1.94. The minimum Gasteiger partial charge on any atom is -0.396 e. The number of ether oxygens (including phenoxy) is 1. The van der Waals surface area contributed by atoms with E-state index in [1.54, 1.807) is 6.07 Å². The summed E-state index contributed by atoms with van der Waals surface area (Å²) >= 11 is 0. The molecule has 0 saturated carbocycles. The standard InChI is InChI=1S/C14H19F2NO2/c15-12-4-3-11(9-13(12)16)14-10-17(6-8-19-14)5-1-2-7-18/h3-4,9,14,18H,1-2,5-8,10H2. The highest BCUT2D eigenvalue weighted by Crippen LogP contribution is 2.23. The third kappa shape index (κ3) is 3.96. The van der Waals surface area contributed by atoms with Crippen LogP contribution in [0.1, 0.15) is 24.5 Å². The van der Waals surface area contributed by atoms with Crippen molar-refractivity contribution in [1.29, 1.82) is 0 Å². The van der Waals surface area contributed by atoms with Crippen molar-refractivity contribution in [2.45, 2.75) is 18.9 Å². The van der Waals surface area contributed by atoms with E-state index in [-0.39, 0.29) is 12.7 Å². The van der Waals surface area contributed by atoms with Crippen molar-refractivity contribution in [3.8, 4) is 0 Å². The SMILES string of the molecule is OCCCCN1CCOC(c2ccc(F)c(F)c2)C1. The van der Waals surface area contributed by atoms with Gasteiger partial charge in [0.05, 0.1) is 12.7 Å². The Morgan fingerprint density at radius 1 is 1.26 bits per heavy atom. The van der Waals surface area contributed by atoms with E-state index in [0.717, 1.165) is 32.0 Å². The summed E-state index contributed by atoms with van der Waals surface area (Å²) in [6, 6.07) is 3.91. The number of morpholine rings is 1. The van der Waals surface area contributed by atoms with E-state index in [9.17, 15) is 8.78 Å². The molecule has 1 fully saturated rings. The molecule has 1 aliphatic rings. The number of hydrogen-bond acceptors (Lipinski definition) is 3. The monoisotopic (exact) mass is 271 g/mol. The number of hydrogen-bond donors (Lipinski definition) is 1. The van der Waals surface area contributed by atoms with Crippen LogP contribution in [-0.2, 0) is 4.74 Å². The van der Waals surface area contributed by atoms with Gasteiger partial charge in [-0.05, 0) is 37.1 Å². The van der Waals surface area contributed by atoms with Crippen LogP contribution in [0, 0.1) is 11.6 Å². The number of aliphatic hydroxyl groups excluding tert-OH is 1. The first-order valence-corrected chi connectivity index (χ1v) is 6.60. The maximum absolute atomic E-state index is 13.2. The predicted octanol–water partition coefficient (Wildman–Crippen LogP) is 2.11. The lowest BCUT2D eigenvalue weighted by atomic mass is 10.1. The normalized spacial score (nSPS) is 20.7. The number of unbranched alkanes of at least 4 members (excludes halogenated alkanes) is 1. The number of benzene rings is 1. The summed E-state index contributed by atoms with van der Waals surface area (Å²) in [6.45, 7) is 3.20. The minimum atomic E-state index is -0.835. The highest BCUT2D eigenvalue weighted by atomic mass is 19.2. The van der Waals surface area contributed by atoms with Gasteiger partial charge in [0.15, 0.2) is 11.6 Å². The van der Waals surface area contributed by atoms with Crippen LogP contribution in [0.3, 0.4) is 0 Å². The average molecular weight is 271 g/mol. The predicted molar refractivity (Wildman–Crippen MR) is 67.8 cm³/mol. The lowest BCUT2D eigenvalue weighted by molar-refractivity contribution is -0.0307. The number of nitrogens with zero attached hydrogens (tertiary/aromatic N) is 1. The molecule has 0 bridgehead atoms. The van der Waals surface area contributed by atoms with E-state index in [1.165, 1.54) is 6.07 Å². The van der Waals surface area contributed by atoms with Gasteiger partial charge in [0.1, 0.15) is 0 Å². The van der Waals surface area contributed by atoms with Crippen LogP contribution in [0.15, 0.2) is 18.2 Å². The molecular weight excluding hydrogens is 252 g/mol. The first-order valence-electron chi connectivity index (χ1n) is 6.60. The molecule has 0 aromatic heterocycles. The molecule has 1 aromatic carbocycles. The van der Waals surface area contributed by atoms with Gasteiger partial charge in [0.25, 0.3) is 0 Å². The largest absolute Gasteiger partial charge is 0.396 e. The van der Waals surface area contributed by atoms with Gasteiger partial charge in [-0.3, -0.25) is 4.90 Å². The summed E-state index contributed by atoms with van der Waals surface area (Å²) < 4.78 is 31.7. The molecule has 0 spiro atoms. The molecule has 1 aromatic rings. The molecule has 1 aliphatic heterocycles. The molecule has 19 heavy (non-hydrogen) atoms. The topological polar surface area (TPSA) is 32.7 Å². The lowest BCUT2D eigenvalue weighted by Crippen LogP contribution is -2.38. The number of rotatable bonds is 5. The molecule has 1 heterocycles. The number of aliphatic hydroxyl groups is 1. The fourth-order valence-corrected chi connectivity index (χ4v) is 2.27. The molecule has 5 heteroatoms. The number of halogens is 2. The Morgan fingerprint density at radius 3 is 2.84 bits per heavy atom. The van der Waals surface area contributed by atoms with Crippen molar-refractivity contribution in [3.05, 3.63) is 35.4 Å². The van der Waals surface area contributed by atoms with E-state index >= 15 is 0 Å². The summed E-state index contributed by atoms with van der Waals surface area (Å²) in [5.74, 6) is -1.67. The van der Waals surface area contributed by atoms with Crippen molar-refractivity contribution < 1.29 is 18.6 Å². The van der Waals surface area contributed by atoms with Crippen molar-refractivity contribution in [2.75, 3.05) is 32.8 Å². The smallest absolute Gasteiger partial charge is 0.159 e. The van der Waals surface area contributed by atoms with E-state index in [1.807, 2.05) is 0 Å². The van der Waals surface area contributed by atoms with Crippen molar-refractivity contribution in [2.24, 2.45) is 0 Å². The summed E-state index contributed by atoms with van der Waals surface area (Å²) in [6.07, 6.45) is 1.51. The van der Waals surface area contributed by atoms with Gasteiger partial charge in [0.2, 0.25) is 0 Å². The van der Waals surface area contributed by atoms with Crippen LogP contribution in [0.25, 0.3) is 0 Å². The second kappa shape index (κ2) is 6.93. The Morgan fingerprint density at radius 2 is 2.11 bits per heavy atom. The maximum atomic E-state index is 13.2. The zero-order valence-corrected chi connectivity index (χ0v) is 10.8. The minimum absolute atomic E-state index is 0.205. The second-order valence-electron chi connectivity index (χ2n) is 4.76. The second-order valence-corrected chi connectivity index (χ2v) is 4.76. The molecule has 0 amide bonds. The van der Waals surface area contributed by atoms with Crippen LogP contribution < -0.4 is 0 Å². The third-order valence-electron chi connectivity index (χ3n) is 3.35. The zero-order chi connectivity index (χ0) is 13.7. The molecule has 1 N–H and O–H groups in total. The van der Waals surface area contributed by atoms with Crippen molar-refractivity contribution in [3.63, 3.8) is 0 Å². The van der Waals surface area contributed by atoms with E-state index in [4.69, 9.17) is 9.84 Å². The third-order valence-corrected chi connectivity index (χ3v) is 3.35. The van der Waals surface area contributed by atoms with Crippen molar-refractivity contribution in [1.82, 2.24) is 4.90 Å². The molecule has 1 saturated heterocycles. The van der Waals surface area contributed by atoms with Gasteiger partial charge >= 0.3 is 0 Å². The van der Waals surface area contributed by atoms with Crippen LogP contribution >= 0.6 is 0 Å². The molecular formula is C14H19F2NO2. The fraction of sp³-hybridized carbons (Fsp3) is 0.571. The van der Waals surface area contributed by atoms with E-state index in [2.05, 4.69) is 4.90 Å². The molecule has 2 rings (SSSR count). The lowest BCUT2D eigenvalue weighted by Gasteiger charge is -2.33. The maximum Gasteiger partial charge on any atom is 0.159 e. The summed E-state index contributed by atoms with van der Waals surface area (Å²) in [5.41, 5.74) is 0.672. The Bertz CT molecular complexity index is 414. The Labute approximate surface area is 111 Å². The van der Waals surface area contributed by atoms with Crippen molar-refractivity contribution >= 4 is 0 Å². The van der Waals surface area contributed by atoms with E-state index < -0.39 is 11.6 Å². The van der Waals surface area contributed by atoms with Gasteiger partial charge in [-0.15, -0.1) is 0 Å². The molecule has 1 unspecified atom stereocenters. The Hall–Kier alpha value is -1.04. The average Bonchev–Trinajstić information content (AvgIpc) is 2.43. The van der Waals surface area contributed by atoms with Gasteiger partial charge in [-0.2, -0.15) is 0 Å². The van der Waals surface area contributed by atoms with Gasteiger partial charge < -0.3 is 9.84 Å². The first kappa shape index (κ1) is 14.4. The fourth-order valence-electron chi connectivity index (χ4n) is 2.27. The molecule has 106 valence electrons. The van der Waals surface area contributed by atoms with Crippen LogP contribution in [0.5, 0.6) is 0 Å². The first-order chi connectivity index (χ1) is 9.20. The molecule has 1 atom stereocenters. The highest BCUT2D eigenvalue weighted by Gasteiger charge is 2.22. The van der Waals surface area contributed by atoms with Gasteiger partial charge in [-0.1, -0.05) is 6.07 Å². The van der Waals surface area contributed by atoms with Crippen LogP contribution in [0.2, 0.25) is 0 Å². The Kier molecular flexibility index (Phi) is 5.24. The summed E-state index contributed by atoms with van der Waals surface area (Å²) in [7, 11) is 0. The van der Waals surface area contributed by atoms with Gasteiger partial charge in [-0.25, -0.2) is 8.78 Å². The quantitative estimate of drug-likeness (QED) is 0.833.